The number of nitrogens with zero attached hydrogens (tertiary/aromatic N) is 2. The van der Waals surface area contributed by atoms with E-state index in [9.17, 15) is 4.79 Å². The quantitative estimate of drug-likeness (QED) is 0.818. The lowest BCUT2D eigenvalue weighted by atomic mass is 9.74. The van der Waals surface area contributed by atoms with Gasteiger partial charge in [-0.1, -0.05) is 30.3 Å². The summed E-state index contributed by atoms with van der Waals surface area (Å²) >= 11 is 0. The van der Waals surface area contributed by atoms with Crippen LogP contribution in [0.2, 0.25) is 0 Å². The van der Waals surface area contributed by atoms with Crippen LogP contribution in [0.1, 0.15) is 18.4 Å². The molecule has 1 saturated heterocycles. The minimum Gasteiger partial charge on any atom is -0.381 e. The fourth-order valence-electron chi connectivity index (χ4n) is 3.57. The van der Waals surface area contributed by atoms with Gasteiger partial charge in [0.25, 0.3) is 0 Å². The van der Waals surface area contributed by atoms with Crippen molar-refractivity contribution >= 4 is 5.91 Å². The van der Waals surface area contributed by atoms with Gasteiger partial charge in [0.15, 0.2) is 0 Å². The first kappa shape index (κ1) is 19.5. The molecule has 3 rings (SSSR count). The highest BCUT2D eigenvalue weighted by atomic mass is 16.5. The minimum atomic E-state index is -0.375. The summed E-state index contributed by atoms with van der Waals surface area (Å²) in [6.45, 7) is 2.82. The van der Waals surface area contributed by atoms with Gasteiger partial charge in [-0.3, -0.25) is 9.78 Å². The number of likely N-dealkylation sites (N-methyl/N-ethyl adjacent to an activating group) is 1. The van der Waals surface area contributed by atoms with Gasteiger partial charge in [0.2, 0.25) is 5.91 Å². The first-order valence-electron chi connectivity index (χ1n) is 9.59. The molecule has 1 aliphatic heterocycles. The molecule has 2 heterocycles. The summed E-state index contributed by atoms with van der Waals surface area (Å²) in [7, 11) is 4.03. The average Bonchev–Trinajstić information content (AvgIpc) is 2.69. The number of hydrogen-bond acceptors (Lipinski definition) is 4. The Balaban J connectivity index is 1.71. The van der Waals surface area contributed by atoms with Gasteiger partial charge in [0.05, 0.1) is 5.41 Å². The summed E-state index contributed by atoms with van der Waals surface area (Å²) in [5.41, 5.74) is 3.06. The van der Waals surface area contributed by atoms with Gasteiger partial charge in [-0.25, -0.2) is 0 Å². The van der Waals surface area contributed by atoms with Crippen LogP contribution >= 0.6 is 0 Å². The van der Waals surface area contributed by atoms with E-state index in [4.69, 9.17) is 4.74 Å². The Morgan fingerprint density at radius 3 is 2.52 bits per heavy atom. The van der Waals surface area contributed by atoms with E-state index >= 15 is 0 Å². The highest BCUT2D eigenvalue weighted by molar-refractivity contribution is 5.83. The maximum Gasteiger partial charge on any atom is 0.226 e. The van der Waals surface area contributed by atoms with Crippen molar-refractivity contribution in [3.8, 4) is 11.1 Å². The molecule has 0 radical (unpaired) electrons. The molecule has 0 bridgehead atoms. The van der Waals surface area contributed by atoms with Crippen LogP contribution in [0.25, 0.3) is 11.1 Å². The number of carbonyl (C=O) groups is 1. The van der Waals surface area contributed by atoms with E-state index < -0.39 is 0 Å². The topological polar surface area (TPSA) is 54.5 Å². The van der Waals surface area contributed by atoms with E-state index in [1.807, 2.05) is 26.4 Å². The molecule has 0 saturated carbocycles. The zero-order valence-corrected chi connectivity index (χ0v) is 16.3. The van der Waals surface area contributed by atoms with Gasteiger partial charge in [0.1, 0.15) is 0 Å². The Kier molecular flexibility index (Phi) is 6.58. The van der Waals surface area contributed by atoms with Crippen molar-refractivity contribution in [1.29, 1.82) is 0 Å². The Hall–Kier alpha value is -2.24. The highest BCUT2D eigenvalue weighted by Crippen LogP contribution is 2.35. The number of nitrogens with one attached hydrogen (secondary N) is 1. The summed E-state index contributed by atoms with van der Waals surface area (Å²) in [5.74, 6) is 0.156. The fourth-order valence-corrected chi connectivity index (χ4v) is 3.57. The molecule has 144 valence electrons. The molecule has 5 nitrogen and oxygen atoms in total. The number of carbonyl (C=O) groups excluding carboxylic acids is 1. The Morgan fingerprint density at radius 1 is 1.15 bits per heavy atom. The van der Waals surface area contributed by atoms with Crippen LogP contribution in [0, 0.1) is 5.41 Å². The van der Waals surface area contributed by atoms with Gasteiger partial charge in [-0.05, 0) is 56.1 Å². The van der Waals surface area contributed by atoms with E-state index in [0.29, 0.717) is 19.8 Å². The van der Waals surface area contributed by atoms with Crippen molar-refractivity contribution in [3.05, 3.63) is 54.4 Å². The monoisotopic (exact) mass is 367 g/mol. The van der Waals surface area contributed by atoms with E-state index in [1.54, 1.807) is 6.20 Å². The van der Waals surface area contributed by atoms with Crippen LogP contribution in [0.3, 0.4) is 0 Å². The summed E-state index contributed by atoms with van der Waals surface area (Å²) in [6.07, 6.45) is 5.93. The molecular formula is C22H29N3O2. The molecular weight excluding hydrogens is 338 g/mol. The highest BCUT2D eigenvalue weighted by Gasteiger charge is 2.39. The van der Waals surface area contributed by atoms with E-state index in [-0.39, 0.29) is 11.3 Å². The van der Waals surface area contributed by atoms with Crippen LogP contribution in [-0.4, -0.2) is 56.2 Å². The second kappa shape index (κ2) is 9.11. The van der Waals surface area contributed by atoms with Crippen molar-refractivity contribution in [2.45, 2.75) is 19.3 Å². The zero-order chi connectivity index (χ0) is 19.1. The Morgan fingerprint density at radius 2 is 1.89 bits per heavy atom. The molecule has 1 fully saturated rings. The third-order valence-electron chi connectivity index (χ3n) is 5.27. The van der Waals surface area contributed by atoms with Crippen LogP contribution in [-0.2, 0) is 16.0 Å². The van der Waals surface area contributed by atoms with Gasteiger partial charge < -0.3 is 15.0 Å². The van der Waals surface area contributed by atoms with Gasteiger partial charge >= 0.3 is 0 Å². The molecule has 1 aliphatic rings. The smallest absolute Gasteiger partial charge is 0.226 e. The van der Waals surface area contributed by atoms with Gasteiger partial charge in [-0.15, -0.1) is 0 Å². The minimum absolute atomic E-state index is 0.156. The van der Waals surface area contributed by atoms with Crippen LogP contribution in [0.5, 0.6) is 0 Å². The molecule has 0 atom stereocenters. The lowest BCUT2D eigenvalue weighted by Gasteiger charge is -2.36. The van der Waals surface area contributed by atoms with Crippen LogP contribution in [0.4, 0.5) is 0 Å². The second-order valence-electron chi connectivity index (χ2n) is 7.57. The lowest BCUT2D eigenvalue weighted by molar-refractivity contribution is -0.136. The first-order valence-corrected chi connectivity index (χ1v) is 9.59. The third-order valence-corrected chi connectivity index (χ3v) is 5.27. The average molecular weight is 367 g/mol. The largest absolute Gasteiger partial charge is 0.381 e. The predicted molar refractivity (Wildman–Crippen MR) is 107 cm³/mol. The Bertz CT molecular complexity index is 723. The van der Waals surface area contributed by atoms with Crippen molar-refractivity contribution in [3.63, 3.8) is 0 Å². The maximum absolute atomic E-state index is 13.0. The van der Waals surface area contributed by atoms with Gasteiger partial charge in [0, 0.05) is 38.7 Å². The number of pyridine rings is 1. The first-order chi connectivity index (χ1) is 13.1. The zero-order valence-electron chi connectivity index (χ0n) is 16.3. The summed E-state index contributed by atoms with van der Waals surface area (Å²) in [5, 5.41) is 3.14. The summed E-state index contributed by atoms with van der Waals surface area (Å²) in [6, 6.07) is 12.5. The van der Waals surface area contributed by atoms with E-state index in [1.165, 1.54) is 5.56 Å². The number of hydrogen-bond donors (Lipinski definition) is 1. The van der Waals surface area contributed by atoms with Crippen molar-refractivity contribution in [2.24, 2.45) is 5.41 Å². The fraction of sp³-hybridized carbons (Fsp3) is 0.455. The second-order valence-corrected chi connectivity index (χ2v) is 7.57. The van der Waals surface area contributed by atoms with Crippen LogP contribution in [0.15, 0.2) is 48.8 Å². The molecule has 1 amide bonds. The summed E-state index contributed by atoms with van der Waals surface area (Å²) < 4.78 is 5.54. The van der Waals surface area contributed by atoms with Crippen molar-refractivity contribution in [2.75, 3.05) is 40.4 Å². The number of rotatable bonds is 7. The van der Waals surface area contributed by atoms with Crippen molar-refractivity contribution < 1.29 is 9.53 Å². The predicted octanol–water partition coefficient (Wildman–Crippen LogP) is 2.77. The molecule has 1 aromatic heterocycles. The molecule has 0 aliphatic carbocycles. The number of aromatic nitrogens is 1. The number of benzene rings is 1. The molecule has 1 N–H and O–H groups in total. The van der Waals surface area contributed by atoms with Crippen LogP contribution < -0.4 is 5.32 Å². The normalized spacial score (nSPS) is 16.3. The molecule has 5 heteroatoms. The molecule has 27 heavy (non-hydrogen) atoms. The lowest BCUT2D eigenvalue weighted by Crippen LogP contribution is -2.47. The molecule has 1 aromatic carbocycles. The van der Waals surface area contributed by atoms with E-state index in [2.05, 4.69) is 45.5 Å². The molecule has 2 aromatic rings. The standard InChI is InChI=1S/C22H29N3O2/c1-25(2)13-12-24-21(26)22(9-14-27-15-10-22)16-18-5-7-19(8-6-18)20-4-3-11-23-17-20/h3-8,11,17H,9-10,12-16H2,1-2H3,(H,24,26). The maximum atomic E-state index is 13.0. The van der Waals surface area contributed by atoms with Crippen molar-refractivity contribution in [1.82, 2.24) is 15.2 Å². The van der Waals surface area contributed by atoms with E-state index in [0.717, 1.165) is 36.9 Å². The van der Waals surface area contributed by atoms with Gasteiger partial charge in [-0.2, -0.15) is 0 Å². The third kappa shape index (κ3) is 5.15. The number of amides is 1. The summed E-state index contributed by atoms with van der Waals surface area (Å²) in [4.78, 5) is 19.3. The molecule has 0 spiro atoms. The Labute approximate surface area is 161 Å². The number of ether oxygens (including phenoxy) is 1. The SMILES string of the molecule is CN(C)CCNC(=O)C1(Cc2ccc(-c3cccnc3)cc2)CCOCC1. The molecule has 0 unspecified atom stereocenters.